The molecule has 0 atom stereocenters. The molecular formula is C26H34F2N2O2. The number of amides is 1. The molecule has 4 nitrogen and oxygen atoms in total. The van der Waals surface area contributed by atoms with Crippen LogP contribution in [0.2, 0.25) is 0 Å². The maximum atomic E-state index is 14.1. The zero-order valence-corrected chi connectivity index (χ0v) is 19.3. The number of rotatable bonds is 13. The van der Waals surface area contributed by atoms with Gasteiger partial charge in [0.15, 0.2) is 5.83 Å². The number of nitrogens with one attached hydrogen (secondary N) is 1. The quantitative estimate of drug-likeness (QED) is 0.209. The third kappa shape index (κ3) is 8.77. The first-order valence-electron chi connectivity index (χ1n) is 11.4. The lowest BCUT2D eigenvalue weighted by Gasteiger charge is -2.07. The van der Waals surface area contributed by atoms with Gasteiger partial charge in [0, 0.05) is 23.6 Å². The summed E-state index contributed by atoms with van der Waals surface area (Å²) in [6, 6.07) is 11.8. The minimum atomic E-state index is -1.06. The van der Waals surface area contributed by atoms with Gasteiger partial charge in [-0.2, -0.15) is 0 Å². The Hall–Kier alpha value is -2.76. The van der Waals surface area contributed by atoms with E-state index >= 15 is 0 Å². The van der Waals surface area contributed by atoms with Crippen LogP contribution >= 0.6 is 0 Å². The van der Waals surface area contributed by atoms with E-state index in [0.29, 0.717) is 25.5 Å². The molecule has 0 aliphatic rings. The summed E-state index contributed by atoms with van der Waals surface area (Å²) in [4.78, 5) is 16.2. The molecule has 1 aromatic carbocycles. The fourth-order valence-electron chi connectivity index (χ4n) is 3.11. The highest BCUT2D eigenvalue weighted by molar-refractivity contribution is 5.92. The Labute approximate surface area is 189 Å². The van der Waals surface area contributed by atoms with Gasteiger partial charge in [-0.05, 0) is 50.3 Å². The van der Waals surface area contributed by atoms with Gasteiger partial charge in [-0.25, -0.2) is 13.8 Å². The second-order valence-electron chi connectivity index (χ2n) is 8.34. The van der Waals surface area contributed by atoms with Crippen molar-refractivity contribution in [3.05, 3.63) is 59.7 Å². The Morgan fingerprint density at radius 1 is 1.06 bits per heavy atom. The second-order valence-corrected chi connectivity index (χ2v) is 8.34. The number of aromatic nitrogens is 1. The highest BCUT2D eigenvalue weighted by Gasteiger charge is 2.15. The van der Waals surface area contributed by atoms with Crippen molar-refractivity contribution in [1.29, 1.82) is 0 Å². The molecule has 2 rings (SSSR count). The molecule has 0 unspecified atom stereocenters. The van der Waals surface area contributed by atoms with E-state index in [1.165, 1.54) is 13.0 Å². The summed E-state index contributed by atoms with van der Waals surface area (Å²) >= 11 is 0. The number of allylic oxidation sites excluding steroid dienone is 3. The first kappa shape index (κ1) is 25.5. The fraction of sp³-hybridized carbons (Fsp3) is 0.462. The molecule has 0 bridgehead atoms. The highest BCUT2D eigenvalue weighted by atomic mass is 19.1. The van der Waals surface area contributed by atoms with Crippen molar-refractivity contribution in [3.8, 4) is 5.88 Å². The van der Waals surface area contributed by atoms with Gasteiger partial charge < -0.3 is 10.1 Å². The van der Waals surface area contributed by atoms with Gasteiger partial charge in [-0.1, -0.05) is 51.3 Å². The predicted octanol–water partition coefficient (Wildman–Crippen LogP) is 6.82. The molecule has 2 aromatic rings. The summed E-state index contributed by atoms with van der Waals surface area (Å²) in [5, 5.41) is 3.55. The number of ether oxygens (including phenoxy) is 1. The van der Waals surface area contributed by atoms with Crippen molar-refractivity contribution in [1.82, 2.24) is 10.3 Å². The van der Waals surface area contributed by atoms with Crippen LogP contribution in [0.1, 0.15) is 59.3 Å². The van der Waals surface area contributed by atoms with E-state index in [2.05, 4.69) is 10.3 Å². The number of carbonyl (C=O) groups is 1. The van der Waals surface area contributed by atoms with E-state index in [-0.39, 0.29) is 11.5 Å². The maximum Gasteiger partial charge on any atom is 0.280 e. The van der Waals surface area contributed by atoms with Crippen LogP contribution in [0, 0.1) is 5.92 Å². The minimum Gasteiger partial charge on any atom is -0.478 e. The van der Waals surface area contributed by atoms with Gasteiger partial charge >= 0.3 is 0 Å². The van der Waals surface area contributed by atoms with E-state index in [9.17, 15) is 13.6 Å². The summed E-state index contributed by atoms with van der Waals surface area (Å²) in [5.74, 6) is -1.74. The van der Waals surface area contributed by atoms with Gasteiger partial charge in [0.2, 0.25) is 5.88 Å². The first-order valence-corrected chi connectivity index (χ1v) is 11.4. The molecule has 1 heterocycles. The summed E-state index contributed by atoms with van der Waals surface area (Å²) in [7, 11) is 0. The molecule has 0 radical (unpaired) electrons. The maximum absolute atomic E-state index is 14.1. The largest absolute Gasteiger partial charge is 0.478 e. The molecule has 0 saturated carbocycles. The smallest absolute Gasteiger partial charge is 0.280 e. The minimum absolute atomic E-state index is 0.203. The predicted molar refractivity (Wildman–Crippen MR) is 126 cm³/mol. The summed E-state index contributed by atoms with van der Waals surface area (Å²) < 4.78 is 33.8. The zero-order chi connectivity index (χ0) is 23.3. The van der Waals surface area contributed by atoms with E-state index in [1.807, 2.05) is 50.2 Å². The van der Waals surface area contributed by atoms with E-state index in [4.69, 9.17) is 4.74 Å². The molecule has 0 saturated heterocycles. The Morgan fingerprint density at radius 2 is 1.78 bits per heavy atom. The summed E-state index contributed by atoms with van der Waals surface area (Å²) in [6.45, 7) is 6.08. The van der Waals surface area contributed by atoms with Crippen LogP contribution < -0.4 is 10.1 Å². The Bertz CT molecular complexity index is 938. The van der Waals surface area contributed by atoms with Crippen LogP contribution in [0.3, 0.4) is 0 Å². The van der Waals surface area contributed by atoms with Crippen molar-refractivity contribution in [2.75, 3.05) is 13.2 Å². The van der Waals surface area contributed by atoms with Gasteiger partial charge in [-0.15, -0.1) is 0 Å². The molecule has 1 N–H and O–H groups in total. The summed E-state index contributed by atoms with van der Waals surface area (Å²) in [5.41, 5.74) is 0.678. The molecule has 0 aliphatic carbocycles. The van der Waals surface area contributed by atoms with Crippen molar-refractivity contribution < 1.29 is 18.3 Å². The van der Waals surface area contributed by atoms with Crippen LogP contribution in [0.15, 0.2) is 59.7 Å². The number of hydrogen-bond donors (Lipinski definition) is 1. The third-order valence-corrected chi connectivity index (χ3v) is 5.05. The summed E-state index contributed by atoms with van der Waals surface area (Å²) in [6.07, 6.45) is 6.61. The zero-order valence-electron chi connectivity index (χ0n) is 19.3. The van der Waals surface area contributed by atoms with Crippen molar-refractivity contribution >= 4 is 16.8 Å². The SMILES string of the molecule is CC(/C(F)=C\CCCCCCCOc1ccc2ccccc2n1)=C(\F)C(=O)NCC(C)C. The highest BCUT2D eigenvalue weighted by Crippen LogP contribution is 2.19. The van der Waals surface area contributed by atoms with Gasteiger partial charge in [0.25, 0.3) is 5.91 Å². The Morgan fingerprint density at radius 3 is 2.56 bits per heavy atom. The van der Waals surface area contributed by atoms with Crippen molar-refractivity contribution in [3.63, 3.8) is 0 Å². The standard InChI is InChI=1S/C26H34F2N2O2/c1-19(2)18-29-26(31)25(28)20(3)22(27)13-8-6-4-5-7-11-17-32-24-16-15-21-12-9-10-14-23(21)30-24/h9-10,12-16,19H,4-8,11,17-18H2,1-3H3,(H,29,31)/b22-13+,25-20+. The van der Waals surface area contributed by atoms with Crippen molar-refractivity contribution in [2.45, 2.75) is 59.3 Å². The fourth-order valence-corrected chi connectivity index (χ4v) is 3.11. The topological polar surface area (TPSA) is 51.2 Å². The lowest BCUT2D eigenvalue weighted by Crippen LogP contribution is -2.28. The average Bonchev–Trinajstić information content (AvgIpc) is 2.80. The number of carbonyl (C=O) groups excluding carboxylic acids is 1. The van der Waals surface area contributed by atoms with E-state index in [1.54, 1.807) is 0 Å². The lowest BCUT2D eigenvalue weighted by atomic mass is 10.1. The Kier molecular flexibility index (Phi) is 10.8. The van der Waals surface area contributed by atoms with E-state index in [0.717, 1.165) is 43.0 Å². The van der Waals surface area contributed by atoms with Gasteiger partial charge in [0.1, 0.15) is 5.83 Å². The molecule has 0 spiro atoms. The van der Waals surface area contributed by atoms with Crippen LogP contribution in [0.5, 0.6) is 5.88 Å². The molecule has 0 fully saturated rings. The van der Waals surface area contributed by atoms with Crippen LogP contribution in [0.4, 0.5) is 8.78 Å². The molecule has 32 heavy (non-hydrogen) atoms. The molecule has 1 aromatic heterocycles. The van der Waals surface area contributed by atoms with E-state index < -0.39 is 17.6 Å². The number of halogens is 2. The molecule has 174 valence electrons. The number of nitrogens with zero attached hydrogens (tertiary/aromatic N) is 1. The number of pyridine rings is 1. The molecular weight excluding hydrogens is 410 g/mol. The van der Waals surface area contributed by atoms with Crippen LogP contribution in [0.25, 0.3) is 10.9 Å². The number of para-hydroxylation sites is 1. The number of hydrogen-bond acceptors (Lipinski definition) is 3. The lowest BCUT2D eigenvalue weighted by molar-refractivity contribution is -0.119. The monoisotopic (exact) mass is 444 g/mol. The third-order valence-electron chi connectivity index (χ3n) is 5.05. The van der Waals surface area contributed by atoms with Crippen LogP contribution in [-0.4, -0.2) is 24.0 Å². The Balaban J connectivity index is 1.60. The molecule has 0 aliphatic heterocycles. The average molecular weight is 445 g/mol. The van der Waals surface area contributed by atoms with Crippen LogP contribution in [-0.2, 0) is 4.79 Å². The van der Waals surface area contributed by atoms with Crippen molar-refractivity contribution in [2.24, 2.45) is 5.92 Å². The number of benzene rings is 1. The van der Waals surface area contributed by atoms with Gasteiger partial charge in [-0.3, -0.25) is 4.79 Å². The van der Waals surface area contributed by atoms with Gasteiger partial charge in [0.05, 0.1) is 12.1 Å². The number of unbranched alkanes of at least 4 members (excludes halogenated alkanes) is 5. The second kappa shape index (κ2) is 13.6. The molecule has 6 heteroatoms. The number of fused-ring (bicyclic) bond motifs is 1. The first-order chi connectivity index (χ1) is 15.4. The molecule has 1 amide bonds. The normalized spacial score (nSPS) is 12.8.